The molecule has 0 unspecified atom stereocenters. The number of hydrazine groups is 1. The summed E-state index contributed by atoms with van der Waals surface area (Å²) in [6.45, 7) is 1.83. The summed E-state index contributed by atoms with van der Waals surface area (Å²) in [6, 6.07) is 11.0. The molecule has 0 aromatic heterocycles. The number of anilines is 2. The van der Waals surface area contributed by atoms with Gasteiger partial charge in [-0.25, -0.2) is 4.39 Å². The molecule has 2 aromatic rings. The van der Waals surface area contributed by atoms with Gasteiger partial charge in [0.2, 0.25) is 0 Å². The molecule has 0 radical (unpaired) electrons. The lowest BCUT2D eigenvalue weighted by molar-refractivity contribution is 0.102. The van der Waals surface area contributed by atoms with E-state index in [2.05, 4.69) is 10.7 Å². The fraction of sp³-hybridized carbons (Fsp3) is 0.0714. The van der Waals surface area contributed by atoms with E-state index in [0.717, 1.165) is 11.3 Å². The Labute approximate surface area is 110 Å². The van der Waals surface area contributed by atoms with Crippen LogP contribution < -0.4 is 16.6 Å². The molecular weight excluding hydrogens is 245 g/mol. The van der Waals surface area contributed by atoms with E-state index in [0.29, 0.717) is 5.56 Å². The maximum absolute atomic E-state index is 13.4. The van der Waals surface area contributed by atoms with E-state index in [4.69, 9.17) is 5.84 Å². The molecule has 98 valence electrons. The molecule has 0 saturated carbocycles. The van der Waals surface area contributed by atoms with Gasteiger partial charge in [-0.15, -0.1) is 0 Å². The average Bonchev–Trinajstić information content (AvgIpc) is 2.41. The Morgan fingerprint density at radius 3 is 2.53 bits per heavy atom. The summed E-state index contributed by atoms with van der Waals surface area (Å²) >= 11 is 0. The number of rotatable bonds is 3. The average molecular weight is 259 g/mol. The van der Waals surface area contributed by atoms with E-state index in [1.807, 2.05) is 6.92 Å². The zero-order valence-corrected chi connectivity index (χ0v) is 10.4. The Hall–Kier alpha value is -2.40. The van der Waals surface area contributed by atoms with Crippen LogP contribution in [-0.2, 0) is 0 Å². The topological polar surface area (TPSA) is 67.2 Å². The van der Waals surface area contributed by atoms with Gasteiger partial charge in [0.05, 0.1) is 11.4 Å². The summed E-state index contributed by atoms with van der Waals surface area (Å²) < 4.78 is 13.4. The third kappa shape index (κ3) is 2.89. The van der Waals surface area contributed by atoms with Crippen molar-refractivity contribution in [3.8, 4) is 0 Å². The van der Waals surface area contributed by atoms with Crippen molar-refractivity contribution in [2.45, 2.75) is 6.92 Å². The number of hydrogen-bond acceptors (Lipinski definition) is 3. The highest BCUT2D eigenvalue weighted by atomic mass is 19.1. The summed E-state index contributed by atoms with van der Waals surface area (Å²) in [5.74, 6) is 4.49. The second-order valence-corrected chi connectivity index (χ2v) is 4.11. The van der Waals surface area contributed by atoms with Gasteiger partial charge in [-0.3, -0.25) is 10.6 Å². The predicted molar refractivity (Wildman–Crippen MR) is 73.3 cm³/mol. The smallest absolute Gasteiger partial charge is 0.255 e. The fourth-order valence-corrected chi connectivity index (χ4v) is 1.72. The zero-order chi connectivity index (χ0) is 13.8. The second-order valence-electron chi connectivity index (χ2n) is 4.11. The van der Waals surface area contributed by atoms with Crippen molar-refractivity contribution >= 4 is 17.3 Å². The van der Waals surface area contributed by atoms with Gasteiger partial charge >= 0.3 is 0 Å². The molecule has 19 heavy (non-hydrogen) atoms. The molecule has 0 aliphatic heterocycles. The molecular formula is C14H14FN3O. The molecule has 0 saturated heterocycles. The number of halogens is 1. The van der Waals surface area contributed by atoms with E-state index in [-0.39, 0.29) is 11.6 Å². The number of amides is 1. The summed E-state index contributed by atoms with van der Waals surface area (Å²) in [4.78, 5) is 12.0. The normalized spacial score (nSPS) is 10.1. The van der Waals surface area contributed by atoms with E-state index in [1.165, 1.54) is 12.1 Å². The van der Waals surface area contributed by atoms with Crippen molar-refractivity contribution in [2.24, 2.45) is 5.84 Å². The lowest BCUT2D eigenvalue weighted by atomic mass is 10.1. The van der Waals surface area contributed by atoms with E-state index < -0.39 is 5.82 Å². The zero-order valence-electron chi connectivity index (χ0n) is 10.4. The van der Waals surface area contributed by atoms with Gasteiger partial charge in [0.1, 0.15) is 5.82 Å². The van der Waals surface area contributed by atoms with Gasteiger partial charge in [-0.1, -0.05) is 12.1 Å². The van der Waals surface area contributed by atoms with Crippen LogP contribution in [0.25, 0.3) is 0 Å². The van der Waals surface area contributed by atoms with Gasteiger partial charge in [0.15, 0.2) is 0 Å². The van der Waals surface area contributed by atoms with Crippen molar-refractivity contribution in [3.63, 3.8) is 0 Å². The Bertz CT molecular complexity index is 613. The highest BCUT2D eigenvalue weighted by Gasteiger charge is 2.10. The molecule has 2 aromatic carbocycles. The summed E-state index contributed by atoms with van der Waals surface area (Å²) in [6.07, 6.45) is 0. The van der Waals surface area contributed by atoms with E-state index in [1.54, 1.807) is 30.3 Å². The monoisotopic (exact) mass is 259 g/mol. The number of hydrogen-bond donors (Lipinski definition) is 3. The first kappa shape index (κ1) is 13.0. The number of nitrogens with one attached hydrogen (secondary N) is 2. The predicted octanol–water partition coefficient (Wildman–Crippen LogP) is 2.67. The molecule has 0 atom stereocenters. The Morgan fingerprint density at radius 2 is 1.89 bits per heavy atom. The van der Waals surface area contributed by atoms with Crippen LogP contribution in [0.15, 0.2) is 42.5 Å². The van der Waals surface area contributed by atoms with E-state index in [9.17, 15) is 9.18 Å². The quantitative estimate of drug-likeness (QED) is 0.586. The number of nitrogen functional groups attached to an aromatic ring is 1. The maximum Gasteiger partial charge on any atom is 0.255 e. The Morgan fingerprint density at radius 1 is 1.16 bits per heavy atom. The lowest BCUT2D eigenvalue weighted by Crippen LogP contribution is -2.14. The first-order chi connectivity index (χ1) is 9.11. The fourth-order valence-electron chi connectivity index (χ4n) is 1.72. The third-order valence-electron chi connectivity index (χ3n) is 2.77. The molecule has 4 N–H and O–H groups in total. The molecule has 0 aliphatic rings. The molecule has 0 bridgehead atoms. The van der Waals surface area contributed by atoms with Crippen LogP contribution in [0.1, 0.15) is 15.9 Å². The van der Waals surface area contributed by atoms with Crippen molar-refractivity contribution in [2.75, 3.05) is 10.7 Å². The minimum atomic E-state index is -0.465. The summed E-state index contributed by atoms with van der Waals surface area (Å²) in [5, 5.41) is 2.53. The summed E-state index contributed by atoms with van der Waals surface area (Å²) in [5.41, 5.74) is 4.71. The van der Waals surface area contributed by atoms with Crippen molar-refractivity contribution in [1.29, 1.82) is 0 Å². The highest BCUT2D eigenvalue weighted by molar-refractivity contribution is 6.04. The first-order valence-corrected chi connectivity index (χ1v) is 5.75. The van der Waals surface area contributed by atoms with Crippen LogP contribution >= 0.6 is 0 Å². The van der Waals surface area contributed by atoms with Crippen LogP contribution in [0, 0.1) is 12.7 Å². The number of para-hydroxylation sites is 1. The number of carbonyl (C=O) groups excluding carboxylic acids is 1. The standard InChI is InChI=1S/C14H14FN3O/c1-9-8-10(6-7-12(9)18-16)14(19)17-13-5-3-2-4-11(13)15/h2-8,18H,16H2,1H3,(H,17,19). The number of carbonyl (C=O) groups is 1. The minimum absolute atomic E-state index is 0.158. The largest absolute Gasteiger partial charge is 0.324 e. The van der Waals surface area contributed by atoms with Crippen LogP contribution in [0.2, 0.25) is 0 Å². The maximum atomic E-state index is 13.4. The third-order valence-corrected chi connectivity index (χ3v) is 2.77. The highest BCUT2D eigenvalue weighted by Crippen LogP contribution is 2.18. The number of benzene rings is 2. The van der Waals surface area contributed by atoms with Crippen LogP contribution in [0.3, 0.4) is 0 Å². The lowest BCUT2D eigenvalue weighted by Gasteiger charge is -2.09. The Balaban J connectivity index is 2.21. The molecule has 5 heteroatoms. The van der Waals surface area contributed by atoms with Crippen molar-refractivity contribution < 1.29 is 9.18 Å². The van der Waals surface area contributed by atoms with Crippen molar-refractivity contribution in [1.82, 2.24) is 0 Å². The van der Waals surface area contributed by atoms with Crippen LogP contribution in [0.4, 0.5) is 15.8 Å². The van der Waals surface area contributed by atoms with Gasteiger partial charge in [0, 0.05) is 5.56 Å². The Kier molecular flexibility index (Phi) is 3.77. The van der Waals surface area contributed by atoms with Crippen LogP contribution in [0.5, 0.6) is 0 Å². The molecule has 4 nitrogen and oxygen atoms in total. The molecule has 1 amide bonds. The van der Waals surface area contributed by atoms with Gasteiger partial charge in [0.25, 0.3) is 5.91 Å². The van der Waals surface area contributed by atoms with Gasteiger partial charge in [-0.2, -0.15) is 0 Å². The SMILES string of the molecule is Cc1cc(C(=O)Nc2ccccc2F)ccc1NN. The van der Waals surface area contributed by atoms with Gasteiger partial charge in [-0.05, 0) is 42.8 Å². The minimum Gasteiger partial charge on any atom is -0.324 e. The summed E-state index contributed by atoms with van der Waals surface area (Å²) in [7, 11) is 0. The molecule has 0 aliphatic carbocycles. The molecule has 0 fully saturated rings. The number of nitrogens with two attached hydrogens (primary N) is 1. The first-order valence-electron chi connectivity index (χ1n) is 5.75. The number of aryl methyl sites for hydroxylation is 1. The van der Waals surface area contributed by atoms with Gasteiger partial charge < -0.3 is 10.7 Å². The molecule has 2 rings (SSSR count). The second kappa shape index (κ2) is 5.49. The molecule has 0 heterocycles. The van der Waals surface area contributed by atoms with E-state index >= 15 is 0 Å². The van der Waals surface area contributed by atoms with Crippen molar-refractivity contribution in [3.05, 3.63) is 59.4 Å². The van der Waals surface area contributed by atoms with Crippen LogP contribution in [-0.4, -0.2) is 5.91 Å². The molecule has 0 spiro atoms.